The molecule has 1 aromatic rings. The topological polar surface area (TPSA) is 57.5 Å². The second-order valence-electron chi connectivity index (χ2n) is 5.72. The summed E-state index contributed by atoms with van der Waals surface area (Å²) in [6, 6.07) is 2.11. The summed E-state index contributed by atoms with van der Waals surface area (Å²) < 4.78 is 2.06. The summed E-state index contributed by atoms with van der Waals surface area (Å²) in [5.74, 6) is 0.910. The normalized spacial score (nSPS) is 12.0. The van der Waals surface area contributed by atoms with E-state index in [4.69, 9.17) is 0 Å². The van der Waals surface area contributed by atoms with Crippen LogP contribution < -0.4 is 10.6 Å². The first-order valence-electron chi connectivity index (χ1n) is 8.86. The summed E-state index contributed by atoms with van der Waals surface area (Å²) >= 11 is 0. The quantitative estimate of drug-likeness (QED) is 0.392. The molecule has 0 saturated carbocycles. The molecule has 6 heteroatoms. The molecule has 0 aliphatic heterocycles. The minimum Gasteiger partial charge on any atom is -0.357 e. The lowest BCUT2D eigenvalue weighted by atomic mass is 10.4. The van der Waals surface area contributed by atoms with Gasteiger partial charge in [-0.05, 0) is 46.3 Å². The molecule has 0 atom stereocenters. The summed E-state index contributed by atoms with van der Waals surface area (Å²) in [4.78, 5) is 7.05. The molecule has 0 radical (unpaired) electrons. The fraction of sp³-hybridized carbons (Fsp3) is 0.765. The highest BCUT2D eigenvalue weighted by atomic mass is 15.3. The van der Waals surface area contributed by atoms with E-state index in [9.17, 15) is 0 Å². The van der Waals surface area contributed by atoms with Crippen molar-refractivity contribution in [1.29, 1.82) is 0 Å². The van der Waals surface area contributed by atoms with Gasteiger partial charge in [-0.3, -0.25) is 9.67 Å². The van der Waals surface area contributed by atoms with Crippen molar-refractivity contribution in [3.05, 3.63) is 17.5 Å². The van der Waals surface area contributed by atoms with E-state index in [1.807, 2.05) is 6.92 Å². The number of aryl methyl sites for hydroxylation is 3. The Morgan fingerprint density at radius 3 is 2.52 bits per heavy atom. The number of guanidine groups is 1. The van der Waals surface area contributed by atoms with Gasteiger partial charge in [0.1, 0.15) is 0 Å². The highest BCUT2D eigenvalue weighted by Crippen LogP contribution is 2.02. The summed E-state index contributed by atoms with van der Waals surface area (Å²) in [6.45, 7) is 17.4. The summed E-state index contributed by atoms with van der Waals surface area (Å²) in [7, 11) is 0. The van der Waals surface area contributed by atoms with Crippen molar-refractivity contribution < 1.29 is 0 Å². The van der Waals surface area contributed by atoms with Gasteiger partial charge in [0.2, 0.25) is 0 Å². The molecule has 0 unspecified atom stereocenters. The first-order chi connectivity index (χ1) is 11.1. The molecule has 0 amide bonds. The second-order valence-corrected chi connectivity index (χ2v) is 5.72. The molecular formula is C17H34N6. The van der Waals surface area contributed by atoms with E-state index in [2.05, 4.69) is 64.1 Å². The smallest absolute Gasteiger partial charge is 0.191 e. The SMILES string of the molecule is CCNC(=NCCCn1nc(C)cc1C)NCCN(CC)CC. The van der Waals surface area contributed by atoms with Crippen molar-refractivity contribution in [2.24, 2.45) is 4.99 Å². The van der Waals surface area contributed by atoms with Crippen LogP contribution in [0, 0.1) is 13.8 Å². The van der Waals surface area contributed by atoms with Crippen molar-refractivity contribution in [3.63, 3.8) is 0 Å². The number of nitrogens with zero attached hydrogens (tertiary/aromatic N) is 4. The number of aromatic nitrogens is 2. The number of nitrogens with one attached hydrogen (secondary N) is 2. The van der Waals surface area contributed by atoms with Crippen LogP contribution in [0.5, 0.6) is 0 Å². The molecule has 1 heterocycles. The van der Waals surface area contributed by atoms with Crippen LogP contribution in [0.15, 0.2) is 11.1 Å². The van der Waals surface area contributed by atoms with Crippen LogP contribution in [-0.4, -0.2) is 59.9 Å². The fourth-order valence-corrected chi connectivity index (χ4v) is 2.53. The Bertz CT molecular complexity index is 462. The lowest BCUT2D eigenvalue weighted by Crippen LogP contribution is -2.41. The van der Waals surface area contributed by atoms with E-state index in [0.717, 1.165) is 63.9 Å². The predicted octanol–water partition coefficient (Wildman–Crippen LogP) is 1.79. The van der Waals surface area contributed by atoms with Gasteiger partial charge in [0.25, 0.3) is 0 Å². The van der Waals surface area contributed by atoms with Crippen molar-refractivity contribution >= 4 is 5.96 Å². The Labute approximate surface area is 141 Å². The third-order valence-corrected chi connectivity index (χ3v) is 3.86. The van der Waals surface area contributed by atoms with Gasteiger partial charge in [0.05, 0.1) is 5.69 Å². The minimum absolute atomic E-state index is 0.805. The molecule has 0 bridgehead atoms. The first-order valence-corrected chi connectivity index (χ1v) is 8.86. The van der Waals surface area contributed by atoms with Crippen LogP contribution in [-0.2, 0) is 6.54 Å². The predicted molar refractivity (Wildman–Crippen MR) is 98.1 cm³/mol. The van der Waals surface area contributed by atoms with Gasteiger partial charge in [-0.2, -0.15) is 5.10 Å². The van der Waals surface area contributed by atoms with Crippen LogP contribution in [0.3, 0.4) is 0 Å². The molecule has 0 aliphatic carbocycles. The monoisotopic (exact) mass is 322 g/mol. The molecule has 0 saturated heterocycles. The summed E-state index contributed by atoms with van der Waals surface area (Å²) in [5, 5.41) is 11.2. The maximum Gasteiger partial charge on any atom is 0.191 e. The number of hydrogen-bond acceptors (Lipinski definition) is 3. The number of aliphatic imine (C=N–C) groups is 1. The van der Waals surface area contributed by atoms with E-state index in [-0.39, 0.29) is 0 Å². The molecule has 0 fully saturated rings. The Kier molecular flexibility index (Phi) is 9.36. The lowest BCUT2D eigenvalue weighted by molar-refractivity contribution is 0.308. The maximum atomic E-state index is 4.65. The largest absolute Gasteiger partial charge is 0.357 e. The van der Waals surface area contributed by atoms with E-state index >= 15 is 0 Å². The van der Waals surface area contributed by atoms with E-state index in [1.54, 1.807) is 0 Å². The zero-order valence-corrected chi connectivity index (χ0v) is 15.5. The molecular weight excluding hydrogens is 288 g/mol. The molecule has 6 nitrogen and oxygen atoms in total. The van der Waals surface area contributed by atoms with Crippen molar-refractivity contribution in [3.8, 4) is 0 Å². The standard InChI is InChI=1S/C17H34N6/c1-6-18-17(20-11-13-22(7-2)8-3)19-10-9-12-23-16(5)14-15(4)21-23/h14H,6-13H2,1-5H3,(H2,18,19,20). The first kappa shape index (κ1) is 19.5. The number of likely N-dealkylation sites (N-methyl/N-ethyl adjacent to an activating group) is 1. The Balaban J connectivity index is 2.35. The molecule has 132 valence electrons. The van der Waals surface area contributed by atoms with Gasteiger partial charge in [-0.25, -0.2) is 0 Å². The van der Waals surface area contributed by atoms with Crippen molar-refractivity contribution in [2.45, 2.75) is 47.6 Å². The Hall–Kier alpha value is -1.56. The lowest BCUT2D eigenvalue weighted by Gasteiger charge is -2.19. The van der Waals surface area contributed by atoms with Crippen LogP contribution in [0.1, 0.15) is 38.6 Å². The Morgan fingerprint density at radius 1 is 1.22 bits per heavy atom. The van der Waals surface area contributed by atoms with Crippen LogP contribution in [0.25, 0.3) is 0 Å². The molecule has 0 aliphatic rings. The van der Waals surface area contributed by atoms with Gasteiger partial charge in [-0.1, -0.05) is 13.8 Å². The van der Waals surface area contributed by atoms with Crippen LogP contribution in [0.4, 0.5) is 0 Å². The fourth-order valence-electron chi connectivity index (χ4n) is 2.53. The van der Waals surface area contributed by atoms with Crippen molar-refractivity contribution in [2.75, 3.05) is 39.3 Å². The van der Waals surface area contributed by atoms with Crippen molar-refractivity contribution in [1.82, 2.24) is 25.3 Å². The average molecular weight is 323 g/mol. The molecule has 0 aromatic carbocycles. The van der Waals surface area contributed by atoms with Gasteiger partial charge in [-0.15, -0.1) is 0 Å². The second kappa shape index (κ2) is 11.0. The number of rotatable bonds is 10. The van der Waals surface area contributed by atoms with Gasteiger partial charge in [0.15, 0.2) is 5.96 Å². The zero-order valence-electron chi connectivity index (χ0n) is 15.5. The molecule has 2 N–H and O–H groups in total. The van der Waals surface area contributed by atoms with Crippen LogP contribution >= 0.6 is 0 Å². The average Bonchev–Trinajstić information content (AvgIpc) is 2.85. The minimum atomic E-state index is 0.805. The third kappa shape index (κ3) is 7.50. The Morgan fingerprint density at radius 2 is 1.96 bits per heavy atom. The van der Waals surface area contributed by atoms with E-state index < -0.39 is 0 Å². The highest BCUT2D eigenvalue weighted by Gasteiger charge is 2.02. The molecule has 1 rings (SSSR count). The maximum absolute atomic E-state index is 4.65. The molecule has 1 aromatic heterocycles. The van der Waals surface area contributed by atoms with Gasteiger partial charge in [0, 0.05) is 38.4 Å². The summed E-state index contributed by atoms with van der Waals surface area (Å²) in [6.07, 6.45) is 0.995. The third-order valence-electron chi connectivity index (χ3n) is 3.86. The van der Waals surface area contributed by atoms with Crippen LogP contribution in [0.2, 0.25) is 0 Å². The van der Waals surface area contributed by atoms with E-state index in [1.165, 1.54) is 5.69 Å². The van der Waals surface area contributed by atoms with E-state index in [0.29, 0.717) is 0 Å². The molecule has 0 spiro atoms. The van der Waals surface area contributed by atoms with Gasteiger partial charge < -0.3 is 15.5 Å². The molecule has 23 heavy (non-hydrogen) atoms. The van der Waals surface area contributed by atoms with Gasteiger partial charge >= 0.3 is 0 Å². The highest BCUT2D eigenvalue weighted by molar-refractivity contribution is 5.79. The zero-order chi connectivity index (χ0) is 17.1. The number of hydrogen-bond donors (Lipinski definition) is 2. The summed E-state index contributed by atoms with van der Waals surface area (Å²) in [5.41, 5.74) is 2.30.